The molecule has 0 saturated carbocycles. The first-order valence-electron chi connectivity index (χ1n) is 7.88. The zero-order chi connectivity index (χ0) is 15.6. The third-order valence-corrected chi connectivity index (χ3v) is 4.47. The molecule has 2 atom stereocenters. The molecule has 2 unspecified atom stereocenters. The molecule has 1 aliphatic carbocycles. The predicted molar refractivity (Wildman–Crippen MR) is 89.3 cm³/mol. The summed E-state index contributed by atoms with van der Waals surface area (Å²) in [4.78, 5) is 4.06. The Balaban J connectivity index is 1.45. The third-order valence-electron chi connectivity index (χ3n) is 4.47. The Hall–Kier alpha value is -2.43. The Labute approximate surface area is 135 Å². The number of hydrogen-bond acceptors (Lipinski definition) is 3. The van der Waals surface area contributed by atoms with Gasteiger partial charge in [-0.1, -0.05) is 36.4 Å². The summed E-state index contributed by atoms with van der Waals surface area (Å²) in [6.07, 6.45) is 5.87. The van der Waals surface area contributed by atoms with Gasteiger partial charge in [0.05, 0.1) is 18.5 Å². The van der Waals surface area contributed by atoms with Crippen molar-refractivity contribution in [3.63, 3.8) is 0 Å². The highest BCUT2D eigenvalue weighted by atomic mass is 16.3. The number of benzene rings is 2. The Morgan fingerprint density at radius 3 is 2.74 bits per heavy atom. The molecule has 0 radical (unpaired) electrons. The molecule has 0 fully saturated rings. The fourth-order valence-corrected chi connectivity index (χ4v) is 3.25. The van der Waals surface area contributed by atoms with Crippen LogP contribution in [0.5, 0.6) is 0 Å². The van der Waals surface area contributed by atoms with Crippen LogP contribution in [0.25, 0.3) is 5.69 Å². The van der Waals surface area contributed by atoms with E-state index >= 15 is 0 Å². The highest BCUT2D eigenvalue weighted by Gasteiger charge is 2.29. The number of rotatable bonds is 4. The van der Waals surface area contributed by atoms with Crippen molar-refractivity contribution in [3.8, 4) is 5.69 Å². The fraction of sp³-hybridized carbons (Fsp3) is 0.211. The van der Waals surface area contributed by atoms with Crippen LogP contribution in [0.1, 0.15) is 22.7 Å². The first-order valence-corrected chi connectivity index (χ1v) is 7.88. The molecule has 4 heteroatoms. The average molecular weight is 305 g/mol. The lowest BCUT2D eigenvalue weighted by Crippen LogP contribution is -2.28. The molecule has 0 amide bonds. The van der Waals surface area contributed by atoms with Gasteiger partial charge in [-0.05, 0) is 28.8 Å². The summed E-state index contributed by atoms with van der Waals surface area (Å²) in [5.41, 5.74) is 4.76. The van der Waals surface area contributed by atoms with Gasteiger partial charge in [-0.25, -0.2) is 4.98 Å². The van der Waals surface area contributed by atoms with E-state index in [1.165, 1.54) is 16.7 Å². The van der Waals surface area contributed by atoms with Crippen LogP contribution in [-0.2, 0) is 13.0 Å². The molecule has 116 valence electrons. The number of aromatic nitrogens is 2. The van der Waals surface area contributed by atoms with Crippen LogP contribution in [0.15, 0.2) is 67.3 Å². The highest BCUT2D eigenvalue weighted by Crippen LogP contribution is 2.31. The zero-order valence-corrected chi connectivity index (χ0v) is 12.8. The lowest BCUT2D eigenvalue weighted by molar-refractivity contribution is 0.140. The van der Waals surface area contributed by atoms with Gasteiger partial charge in [0.2, 0.25) is 0 Å². The molecule has 3 aromatic rings. The molecule has 2 N–H and O–H groups in total. The minimum atomic E-state index is -0.349. The molecule has 4 nitrogen and oxygen atoms in total. The van der Waals surface area contributed by atoms with E-state index in [-0.39, 0.29) is 12.1 Å². The van der Waals surface area contributed by atoms with E-state index in [2.05, 4.69) is 46.7 Å². The van der Waals surface area contributed by atoms with Gasteiger partial charge in [0, 0.05) is 31.0 Å². The van der Waals surface area contributed by atoms with E-state index in [1.807, 2.05) is 22.9 Å². The van der Waals surface area contributed by atoms with Gasteiger partial charge in [0.25, 0.3) is 0 Å². The average Bonchev–Trinajstić information content (AvgIpc) is 3.21. The zero-order valence-electron chi connectivity index (χ0n) is 12.8. The SMILES string of the molecule is OC1Cc2ccccc2C1NCc1ccc(-n2ccnc2)cc1. The first-order chi connectivity index (χ1) is 11.3. The number of fused-ring (bicyclic) bond motifs is 1. The third kappa shape index (κ3) is 2.79. The Morgan fingerprint density at radius 1 is 1.13 bits per heavy atom. The van der Waals surface area contributed by atoms with Gasteiger partial charge in [-0.15, -0.1) is 0 Å². The van der Waals surface area contributed by atoms with Gasteiger partial charge < -0.3 is 15.0 Å². The molecule has 23 heavy (non-hydrogen) atoms. The quantitative estimate of drug-likeness (QED) is 0.779. The standard InChI is InChI=1S/C19H19N3O/c23-18-11-15-3-1-2-4-17(15)19(18)21-12-14-5-7-16(8-6-14)22-10-9-20-13-22/h1-10,13,18-19,21,23H,11-12H2. The predicted octanol–water partition coefficient (Wildman–Crippen LogP) is 2.62. The summed E-state index contributed by atoms with van der Waals surface area (Å²) >= 11 is 0. The fourth-order valence-electron chi connectivity index (χ4n) is 3.25. The van der Waals surface area contributed by atoms with Gasteiger partial charge in [0.15, 0.2) is 0 Å². The lowest BCUT2D eigenvalue weighted by Gasteiger charge is -2.18. The molecular weight excluding hydrogens is 286 g/mol. The summed E-state index contributed by atoms with van der Waals surface area (Å²) in [6.45, 7) is 0.736. The smallest absolute Gasteiger partial charge is 0.0991 e. The Bertz CT molecular complexity index is 781. The van der Waals surface area contributed by atoms with Gasteiger partial charge in [0.1, 0.15) is 0 Å². The first kappa shape index (κ1) is 14.2. The molecule has 4 rings (SSSR count). The van der Waals surface area contributed by atoms with Crippen molar-refractivity contribution in [1.29, 1.82) is 0 Å². The van der Waals surface area contributed by atoms with Crippen molar-refractivity contribution in [2.24, 2.45) is 0 Å². The maximum absolute atomic E-state index is 10.3. The minimum Gasteiger partial charge on any atom is -0.391 e. The monoisotopic (exact) mass is 305 g/mol. The minimum absolute atomic E-state index is 0.0134. The van der Waals surface area contributed by atoms with Crippen LogP contribution < -0.4 is 5.32 Å². The summed E-state index contributed by atoms with van der Waals surface area (Å²) in [5.74, 6) is 0. The second-order valence-corrected chi connectivity index (χ2v) is 5.97. The van der Waals surface area contributed by atoms with E-state index in [4.69, 9.17) is 0 Å². The maximum atomic E-state index is 10.3. The second-order valence-electron chi connectivity index (χ2n) is 5.97. The van der Waals surface area contributed by atoms with Crippen molar-refractivity contribution >= 4 is 0 Å². The van der Waals surface area contributed by atoms with E-state index in [0.717, 1.165) is 18.7 Å². The Kier molecular flexibility index (Phi) is 3.69. The van der Waals surface area contributed by atoms with Gasteiger partial charge >= 0.3 is 0 Å². The summed E-state index contributed by atoms with van der Waals surface area (Å²) in [6, 6.07) is 16.7. The van der Waals surface area contributed by atoms with E-state index in [0.29, 0.717) is 0 Å². The number of nitrogens with one attached hydrogen (secondary N) is 1. The molecule has 0 spiro atoms. The number of aliphatic hydroxyl groups excluding tert-OH is 1. The topological polar surface area (TPSA) is 50.1 Å². The molecule has 1 aromatic heterocycles. The number of nitrogens with zero attached hydrogens (tertiary/aromatic N) is 2. The molecular formula is C19H19N3O. The van der Waals surface area contributed by atoms with Crippen LogP contribution >= 0.6 is 0 Å². The Morgan fingerprint density at radius 2 is 1.96 bits per heavy atom. The van der Waals surface area contributed by atoms with Crippen LogP contribution in [0, 0.1) is 0 Å². The lowest BCUT2D eigenvalue weighted by atomic mass is 10.1. The second kappa shape index (κ2) is 5.99. The normalized spacial score (nSPS) is 19.7. The molecule has 1 aliphatic rings. The summed E-state index contributed by atoms with van der Waals surface area (Å²) < 4.78 is 1.98. The van der Waals surface area contributed by atoms with Gasteiger partial charge in [-0.3, -0.25) is 0 Å². The summed E-state index contributed by atoms with van der Waals surface area (Å²) in [5, 5.41) is 13.8. The maximum Gasteiger partial charge on any atom is 0.0991 e. The van der Waals surface area contributed by atoms with Crippen LogP contribution in [0.2, 0.25) is 0 Å². The number of aliphatic hydroxyl groups is 1. The van der Waals surface area contributed by atoms with Crippen LogP contribution in [0.4, 0.5) is 0 Å². The number of imidazole rings is 1. The molecule has 0 bridgehead atoms. The van der Waals surface area contributed by atoms with Crippen molar-refractivity contribution < 1.29 is 5.11 Å². The van der Waals surface area contributed by atoms with E-state index < -0.39 is 0 Å². The molecule has 2 aromatic carbocycles. The molecule has 1 heterocycles. The van der Waals surface area contributed by atoms with Crippen molar-refractivity contribution in [2.75, 3.05) is 0 Å². The van der Waals surface area contributed by atoms with Crippen molar-refractivity contribution in [3.05, 3.63) is 83.9 Å². The van der Waals surface area contributed by atoms with Crippen molar-refractivity contribution in [1.82, 2.24) is 14.9 Å². The molecule has 0 saturated heterocycles. The van der Waals surface area contributed by atoms with Crippen LogP contribution in [-0.4, -0.2) is 20.8 Å². The summed E-state index contributed by atoms with van der Waals surface area (Å²) in [7, 11) is 0. The van der Waals surface area contributed by atoms with Crippen molar-refractivity contribution in [2.45, 2.75) is 25.1 Å². The molecule has 0 aliphatic heterocycles. The number of hydrogen-bond donors (Lipinski definition) is 2. The largest absolute Gasteiger partial charge is 0.391 e. The van der Waals surface area contributed by atoms with Crippen LogP contribution in [0.3, 0.4) is 0 Å². The van der Waals surface area contributed by atoms with E-state index in [9.17, 15) is 5.11 Å². The van der Waals surface area contributed by atoms with Gasteiger partial charge in [-0.2, -0.15) is 0 Å². The van der Waals surface area contributed by atoms with E-state index in [1.54, 1.807) is 12.5 Å². The highest BCUT2D eigenvalue weighted by molar-refractivity contribution is 5.37.